The van der Waals surface area contributed by atoms with Crippen molar-refractivity contribution in [2.45, 2.75) is 50.7 Å². The number of fused-ring (bicyclic) bond motifs is 1. The minimum atomic E-state index is -0.364. The van der Waals surface area contributed by atoms with Gasteiger partial charge < -0.3 is 14.5 Å². The number of nitrogens with zero attached hydrogens (tertiary/aromatic N) is 2. The molecule has 1 aliphatic rings. The fraction of sp³-hybridized carbons (Fsp3) is 0.391. The number of ether oxygens (including phenoxy) is 1. The number of aromatic nitrogens is 2. The van der Waals surface area contributed by atoms with Crippen molar-refractivity contribution < 1.29 is 18.7 Å². The number of hydrogen-bond donors (Lipinski definition) is 1. The summed E-state index contributed by atoms with van der Waals surface area (Å²) >= 11 is 2.67. The van der Waals surface area contributed by atoms with Gasteiger partial charge >= 0.3 is 5.97 Å². The average molecular weight is 472 g/mol. The van der Waals surface area contributed by atoms with Crippen LogP contribution in [0.5, 0.6) is 0 Å². The predicted molar refractivity (Wildman–Crippen MR) is 124 cm³/mol. The minimum absolute atomic E-state index is 0.109. The molecule has 0 aliphatic heterocycles. The van der Waals surface area contributed by atoms with Gasteiger partial charge in [-0.25, -0.2) is 4.79 Å². The van der Waals surface area contributed by atoms with E-state index in [2.05, 4.69) is 15.5 Å². The molecule has 0 fully saturated rings. The quantitative estimate of drug-likeness (QED) is 0.284. The Kier molecular flexibility index (Phi) is 7.59. The number of hydrogen-bond acceptors (Lipinski definition) is 8. The topological polar surface area (TPSA) is 94.3 Å². The SMILES string of the molecule is CCOC(=O)c1c(NC(=O)CSc2nnc(Cc3ccccc3)o2)sc2c1CCCCC2. The van der Waals surface area contributed by atoms with E-state index >= 15 is 0 Å². The highest BCUT2D eigenvalue weighted by Gasteiger charge is 2.26. The Hall–Kier alpha value is -2.65. The smallest absolute Gasteiger partial charge is 0.341 e. The first-order valence-corrected chi connectivity index (χ1v) is 12.5. The second-order valence-electron chi connectivity index (χ2n) is 7.45. The van der Waals surface area contributed by atoms with Crippen LogP contribution in [-0.2, 0) is 28.8 Å². The first kappa shape index (κ1) is 22.5. The van der Waals surface area contributed by atoms with E-state index < -0.39 is 0 Å². The van der Waals surface area contributed by atoms with Crippen molar-refractivity contribution in [1.82, 2.24) is 10.2 Å². The number of aryl methyl sites for hydroxylation is 1. The van der Waals surface area contributed by atoms with Gasteiger partial charge in [-0.15, -0.1) is 21.5 Å². The van der Waals surface area contributed by atoms with Gasteiger partial charge in [-0.3, -0.25) is 4.79 Å². The molecule has 2 heterocycles. The van der Waals surface area contributed by atoms with Crippen molar-refractivity contribution in [3.63, 3.8) is 0 Å². The monoisotopic (exact) mass is 471 g/mol. The van der Waals surface area contributed by atoms with Gasteiger partial charge in [-0.05, 0) is 43.7 Å². The Morgan fingerprint density at radius 1 is 1.16 bits per heavy atom. The number of carbonyl (C=O) groups is 2. The third-order valence-corrected chi connectivity index (χ3v) is 7.15. The van der Waals surface area contributed by atoms with Crippen LogP contribution in [0, 0.1) is 0 Å². The summed E-state index contributed by atoms with van der Waals surface area (Å²) in [5.41, 5.74) is 2.64. The molecule has 9 heteroatoms. The zero-order valence-electron chi connectivity index (χ0n) is 17.9. The Morgan fingerprint density at radius 2 is 1.97 bits per heavy atom. The van der Waals surface area contributed by atoms with Crippen LogP contribution in [-0.4, -0.2) is 34.4 Å². The van der Waals surface area contributed by atoms with Gasteiger partial charge in [0, 0.05) is 4.88 Å². The second kappa shape index (κ2) is 10.8. The van der Waals surface area contributed by atoms with Crippen LogP contribution >= 0.6 is 23.1 Å². The zero-order valence-corrected chi connectivity index (χ0v) is 19.5. The van der Waals surface area contributed by atoms with Crippen molar-refractivity contribution in [3.8, 4) is 0 Å². The molecule has 168 valence electrons. The lowest BCUT2D eigenvalue weighted by molar-refractivity contribution is -0.113. The molecule has 3 aromatic rings. The normalized spacial score (nSPS) is 13.3. The highest BCUT2D eigenvalue weighted by atomic mass is 32.2. The van der Waals surface area contributed by atoms with E-state index in [1.54, 1.807) is 6.92 Å². The van der Waals surface area contributed by atoms with Crippen LogP contribution in [0.2, 0.25) is 0 Å². The molecule has 2 aromatic heterocycles. The van der Waals surface area contributed by atoms with Gasteiger partial charge in [0.25, 0.3) is 5.22 Å². The van der Waals surface area contributed by atoms with Crippen LogP contribution in [0.1, 0.15) is 58.4 Å². The maximum Gasteiger partial charge on any atom is 0.341 e. The van der Waals surface area contributed by atoms with Gasteiger partial charge in [-0.2, -0.15) is 0 Å². The molecule has 0 unspecified atom stereocenters. The van der Waals surface area contributed by atoms with Gasteiger partial charge in [-0.1, -0.05) is 48.5 Å². The van der Waals surface area contributed by atoms with Gasteiger partial charge in [0.15, 0.2) is 0 Å². The number of amides is 1. The Balaban J connectivity index is 1.39. The molecule has 0 saturated carbocycles. The summed E-state index contributed by atoms with van der Waals surface area (Å²) in [7, 11) is 0. The maximum absolute atomic E-state index is 12.6. The number of benzene rings is 1. The van der Waals surface area contributed by atoms with Crippen molar-refractivity contribution in [2.24, 2.45) is 0 Å². The number of esters is 1. The Morgan fingerprint density at radius 3 is 2.78 bits per heavy atom. The molecular formula is C23H25N3O4S2. The number of anilines is 1. The van der Waals surface area contributed by atoms with Crippen molar-refractivity contribution in [2.75, 3.05) is 17.7 Å². The summed E-state index contributed by atoms with van der Waals surface area (Å²) < 4.78 is 10.9. The highest BCUT2D eigenvalue weighted by molar-refractivity contribution is 7.99. The van der Waals surface area contributed by atoms with Crippen LogP contribution in [0.25, 0.3) is 0 Å². The summed E-state index contributed by atoms with van der Waals surface area (Å²) in [5, 5.41) is 11.9. The van der Waals surface area contributed by atoms with E-state index in [0.717, 1.165) is 43.2 Å². The van der Waals surface area contributed by atoms with E-state index in [1.165, 1.54) is 28.0 Å². The fourth-order valence-corrected chi connectivity index (χ4v) is 5.55. The summed E-state index contributed by atoms with van der Waals surface area (Å²) in [6, 6.07) is 9.86. The van der Waals surface area contributed by atoms with Crippen LogP contribution < -0.4 is 5.32 Å². The molecule has 1 N–H and O–H groups in total. The molecule has 1 aromatic carbocycles. The third-order valence-electron chi connectivity index (χ3n) is 5.13. The molecule has 32 heavy (non-hydrogen) atoms. The number of thioether (sulfide) groups is 1. The molecule has 1 amide bonds. The number of rotatable bonds is 8. The van der Waals surface area contributed by atoms with Gasteiger partial charge in [0.2, 0.25) is 11.8 Å². The molecular weight excluding hydrogens is 446 g/mol. The largest absolute Gasteiger partial charge is 0.462 e. The number of nitrogens with one attached hydrogen (secondary N) is 1. The van der Waals surface area contributed by atoms with Crippen LogP contribution in [0.3, 0.4) is 0 Å². The van der Waals surface area contributed by atoms with Gasteiger partial charge in [0.1, 0.15) is 5.00 Å². The average Bonchev–Trinajstić information content (AvgIpc) is 3.30. The van der Waals surface area contributed by atoms with Crippen molar-refractivity contribution in [1.29, 1.82) is 0 Å². The molecule has 1 aliphatic carbocycles. The second-order valence-corrected chi connectivity index (χ2v) is 9.48. The van der Waals surface area contributed by atoms with E-state index in [9.17, 15) is 9.59 Å². The maximum atomic E-state index is 12.6. The highest BCUT2D eigenvalue weighted by Crippen LogP contribution is 2.38. The first-order chi connectivity index (χ1) is 15.6. The lowest BCUT2D eigenvalue weighted by Gasteiger charge is -2.08. The van der Waals surface area contributed by atoms with E-state index in [-0.39, 0.29) is 17.6 Å². The summed E-state index contributed by atoms with van der Waals surface area (Å²) in [5.74, 6) is 0.0282. The predicted octanol–water partition coefficient (Wildman–Crippen LogP) is 4.90. The lowest BCUT2D eigenvalue weighted by atomic mass is 10.1. The van der Waals surface area contributed by atoms with Gasteiger partial charge in [0.05, 0.1) is 24.3 Å². The standard InChI is InChI=1S/C23H25N3O4S2/c1-2-29-22(28)20-16-11-7-4-8-12-17(16)32-21(20)24-18(27)14-31-23-26-25-19(30-23)13-15-9-5-3-6-10-15/h3,5-6,9-10H,2,4,7-8,11-14H2,1H3,(H,24,27). The third kappa shape index (κ3) is 5.58. The zero-order chi connectivity index (χ0) is 22.3. The molecule has 7 nitrogen and oxygen atoms in total. The van der Waals surface area contributed by atoms with E-state index in [4.69, 9.17) is 9.15 Å². The molecule has 0 saturated heterocycles. The van der Waals surface area contributed by atoms with E-state index in [1.807, 2.05) is 30.3 Å². The summed E-state index contributed by atoms with van der Waals surface area (Å²) in [6.45, 7) is 2.09. The number of carbonyl (C=O) groups excluding carboxylic acids is 2. The molecule has 0 spiro atoms. The molecule has 0 radical (unpaired) electrons. The molecule has 4 rings (SSSR count). The van der Waals surface area contributed by atoms with E-state index in [0.29, 0.717) is 34.7 Å². The molecule has 0 atom stereocenters. The Labute approximate surface area is 195 Å². The first-order valence-electron chi connectivity index (χ1n) is 10.7. The fourth-order valence-electron chi connectivity index (χ4n) is 3.68. The Bertz CT molecular complexity index is 1080. The minimum Gasteiger partial charge on any atom is -0.462 e. The summed E-state index contributed by atoms with van der Waals surface area (Å²) in [4.78, 5) is 26.4. The lowest BCUT2D eigenvalue weighted by Crippen LogP contribution is -2.16. The van der Waals surface area contributed by atoms with Crippen molar-refractivity contribution >= 4 is 40.0 Å². The van der Waals surface area contributed by atoms with Crippen molar-refractivity contribution in [3.05, 3.63) is 57.8 Å². The number of thiophene rings is 1. The molecule has 0 bridgehead atoms. The van der Waals surface area contributed by atoms with Crippen LogP contribution in [0.15, 0.2) is 40.0 Å². The summed E-state index contributed by atoms with van der Waals surface area (Å²) in [6.07, 6.45) is 5.62. The van der Waals surface area contributed by atoms with Crippen LogP contribution in [0.4, 0.5) is 5.00 Å².